The van der Waals surface area contributed by atoms with Crippen LogP contribution < -0.4 is 10.1 Å². The van der Waals surface area contributed by atoms with Crippen molar-refractivity contribution in [3.63, 3.8) is 0 Å². The summed E-state index contributed by atoms with van der Waals surface area (Å²) in [5, 5.41) is 2.78. The molecular weight excluding hydrogens is 388 g/mol. The zero-order chi connectivity index (χ0) is 20.7. The molecule has 0 unspecified atom stereocenters. The molecule has 0 saturated carbocycles. The molecule has 3 rings (SSSR count). The van der Waals surface area contributed by atoms with Crippen LogP contribution in [0.4, 0.5) is 0 Å². The lowest BCUT2D eigenvalue weighted by Crippen LogP contribution is -2.32. The molecule has 0 aromatic heterocycles. The van der Waals surface area contributed by atoms with Gasteiger partial charge in [0.15, 0.2) is 0 Å². The standard InChI is InChI=1S/C22H28N2O4S/c1-18-8-6-10-20(16-18)28-15-12-23-22(25)19-9-7-11-21(17-19)29(26,27)24-13-4-2-3-5-14-24/h6-11,16-17H,2-5,12-15H2,1H3,(H,23,25). The van der Waals surface area contributed by atoms with E-state index < -0.39 is 10.0 Å². The number of hydrogen-bond donors (Lipinski definition) is 1. The highest BCUT2D eigenvalue weighted by molar-refractivity contribution is 7.89. The number of rotatable bonds is 7. The van der Waals surface area contributed by atoms with E-state index in [0.29, 0.717) is 31.8 Å². The van der Waals surface area contributed by atoms with Gasteiger partial charge in [-0.3, -0.25) is 4.79 Å². The quantitative estimate of drug-likeness (QED) is 0.702. The van der Waals surface area contributed by atoms with Gasteiger partial charge in [0.05, 0.1) is 11.4 Å². The third-order valence-electron chi connectivity index (χ3n) is 4.94. The second-order valence-electron chi connectivity index (χ2n) is 7.27. The zero-order valence-electron chi connectivity index (χ0n) is 16.8. The Kier molecular flexibility index (Phi) is 7.28. The maximum atomic E-state index is 12.9. The first-order valence-electron chi connectivity index (χ1n) is 10.0. The van der Waals surface area contributed by atoms with Crippen molar-refractivity contribution in [2.45, 2.75) is 37.5 Å². The van der Waals surface area contributed by atoms with Crippen molar-refractivity contribution in [1.82, 2.24) is 9.62 Å². The average molecular weight is 417 g/mol. The number of sulfonamides is 1. The van der Waals surface area contributed by atoms with Crippen LogP contribution in [-0.2, 0) is 10.0 Å². The van der Waals surface area contributed by atoms with Crippen LogP contribution in [0.2, 0.25) is 0 Å². The van der Waals surface area contributed by atoms with E-state index in [0.717, 1.165) is 37.0 Å². The van der Waals surface area contributed by atoms with E-state index in [4.69, 9.17) is 4.74 Å². The van der Waals surface area contributed by atoms with Crippen molar-refractivity contribution in [2.75, 3.05) is 26.2 Å². The zero-order valence-corrected chi connectivity index (χ0v) is 17.6. The predicted octanol–water partition coefficient (Wildman–Crippen LogP) is 3.37. The summed E-state index contributed by atoms with van der Waals surface area (Å²) < 4.78 is 33.0. The molecule has 2 aromatic rings. The fourth-order valence-corrected chi connectivity index (χ4v) is 4.93. The highest BCUT2D eigenvalue weighted by atomic mass is 32.2. The lowest BCUT2D eigenvalue weighted by Gasteiger charge is -2.20. The van der Waals surface area contributed by atoms with E-state index in [1.54, 1.807) is 18.2 Å². The molecule has 1 aliphatic rings. The van der Waals surface area contributed by atoms with Crippen molar-refractivity contribution in [2.24, 2.45) is 0 Å². The first-order chi connectivity index (χ1) is 14.0. The summed E-state index contributed by atoms with van der Waals surface area (Å²) in [7, 11) is -3.58. The lowest BCUT2D eigenvalue weighted by molar-refractivity contribution is 0.0946. The first-order valence-corrected chi connectivity index (χ1v) is 11.5. The molecule has 0 radical (unpaired) electrons. The second-order valence-corrected chi connectivity index (χ2v) is 9.20. The number of carbonyl (C=O) groups is 1. The Labute approximate surface area is 172 Å². The monoisotopic (exact) mass is 416 g/mol. The van der Waals surface area contributed by atoms with Crippen molar-refractivity contribution >= 4 is 15.9 Å². The van der Waals surface area contributed by atoms with Crippen LogP contribution in [-0.4, -0.2) is 44.9 Å². The molecule has 6 nitrogen and oxygen atoms in total. The summed E-state index contributed by atoms with van der Waals surface area (Å²) in [6.45, 7) is 3.72. The van der Waals surface area contributed by atoms with E-state index >= 15 is 0 Å². The summed E-state index contributed by atoms with van der Waals surface area (Å²) in [6, 6.07) is 13.9. The number of amides is 1. The number of ether oxygens (including phenoxy) is 1. The highest BCUT2D eigenvalue weighted by Crippen LogP contribution is 2.21. The molecule has 0 bridgehead atoms. The topological polar surface area (TPSA) is 75.7 Å². The molecule has 156 valence electrons. The lowest BCUT2D eigenvalue weighted by atomic mass is 10.2. The molecule has 1 saturated heterocycles. The van der Waals surface area contributed by atoms with Gasteiger partial charge in [0.1, 0.15) is 12.4 Å². The third-order valence-corrected chi connectivity index (χ3v) is 6.84. The van der Waals surface area contributed by atoms with Crippen molar-refractivity contribution in [3.05, 3.63) is 59.7 Å². The number of carbonyl (C=O) groups excluding carboxylic acids is 1. The minimum absolute atomic E-state index is 0.170. The number of hydrogen-bond acceptors (Lipinski definition) is 4. The van der Waals surface area contributed by atoms with Gasteiger partial charge < -0.3 is 10.1 Å². The Morgan fingerprint density at radius 2 is 1.76 bits per heavy atom. The minimum atomic E-state index is -3.58. The van der Waals surface area contributed by atoms with E-state index in [2.05, 4.69) is 5.32 Å². The molecule has 1 aliphatic heterocycles. The number of benzene rings is 2. The van der Waals surface area contributed by atoms with Gasteiger partial charge in [0.25, 0.3) is 5.91 Å². The van der Waals surface area contributed by atoms with Gasteiger partial charge >= 0.3 is 0 Å². The Hall–Kier alpha value is -2.38. The average Bonchev–Trinajstić information content (AvgIpc) is 3.01. The van der Waals surface area contributed by atoms with Gasteiger partial charge in [-0.15, -0.1) is 0 Å². The number of nitrogens with one attached hydrogen (secondary N) is 1. The predicted molar refractivity (Wildman–Crippen MR) is 113 cm³/mol. The van der Waals surface area contributed by atoms with Gasteiger partial charge in [0.2, 0.25) is 10.0 Å². The molecule has 0 spiro atoms. The summed E-state index contributed by atoms with van der Waals surface area (Å²) in [5.41, 5.74) is 1.44. The van der Waals surface area contributed by atoms with Crippen molar-refractivity contribution < 1.29 is 17.9 Å². The van der Waals surface area contributed by atoms with E-state index in [1.807, 2.05) is 31.2 Å². The maximum Gasteiger partial charge on any atom is 0.251 e. The van der Waals surface area contributed by atoms with Gasteiger partial charge in [-0.1, -0.05) is 31.0 Å². The molecule has 0 atom stereocenters. The van der Waals surface area contributed by atoms with Crippen LogP contribution >= 0.6 is 0 Å². The smallest absolute Gasteiger partial charge is 0.251 e. The number of aryl methyl sites for hydroxylation is 1. The summed E-state index contributed by atoms with van der Waals surface area (Å²) >= 11 is 0. The first kappa shape index (κ1) is 21.3. The molecule has 7 heteroatoms. The molecular formula is C22H28N2O4S. The normalized spacial score (nSPS) is 15.5. The molecule has 0 aliphatic carbocycles. The van der Waals surface area contributed by atoms with Crippen LogP contribution in [0.25, 0.3) is 0 Å². The molecule has 2 aromatic carbocycles. The molecule has 1 N–H and O–H groups in total. The Balaban J connectivity index is 1.58. The van der Waals surface area contributed by atoms with Gasteiger partial charge in [-0.25, -0.2) is 8.42 Å². The van der Waals surface area contributed by atoms with E-state index in [1.165, 1.54) is 10.4 Å². The fourth-order valence-electron chi connectivity index (χ4n) is 3.37. The summed E-state index contributed by atoms with van der Waals surface area (Å²) in [4.78, 5) is 12.6. The largest absolute Gasteiger partial charge is 0.492 e. The molecule has 29 heavy (non-hydrogen) atoms. The van der Waals surface area contributed by atoms with Crippen LogP contribution in [0.1, 0.15) is 41.6 Å². The summed E-state index contributed by atoms with van der Waals surface area (Å²) in [6.07, 6.45) is 3.86. The Bertz CT molecular complexity index is 935. The van der Waals surface area contributed by atoms with Crippen LogP contribution in [0.15, 0.2) is 53.4 Å². The van der Waals surface area contributed by atoms with E-state index in [9.17, 15) is 13.2 Å². The van der Waals surface area contributed by atoms with Crippen LogP contribution in [0.5, 0.6) is 5.75 Å². The van der Waals surface area contributed by atoms with Crippen LogP contribution in [0.3, 0.4) is 0 Å². The van der Waals surface area contributed by atoms with Crippen molar-refractivity contribution in [3.8, 4) is 5.75 Å². The Morgan fingerprint density at radius 1 is 1.03 bits per heavy atom. The second kappa shape index (κ2) is 9.89. The highest BCUT2D eigenvalue weighted by Gasteiger charge is 2.25. The minimum Gasteiger partial charge on any atom is -0.492 e. The van der Waals surface area contributed by atoms with Gasteiger partial charge in [0, 0.05) is 18.7 Å². The molecule has 1 fully saturated rings. The Morgan fingerprint density at radius 3 is 2.48 bits per heavy atom. The SMILES string of the molecule is Cc1cccc(OCCNC(=O)c2cccc(S(=O)(=O)N3CCCCCC3)c2)c1. The molecule has 1 heterocycles. The summed E-state index contributed by atoms with van der Waals surface area (Å²) in [5.74, 6) is 0.440. The molecule has 1 amide bonds. The fraction of sp³-hybridized carbons (Fsp3) is 0.409. The van der Waals surface area contributed by atoms with E-state index in [-0.39, 0.29) is 10.8 Å². The maximum absolute atomic E-state index is 12.9. The van der Waals surface area contributed by atoms with Crippen LogP contribution in [0, 0.1) is 6.92 Å². The van der Waals surface area contributed by atoms with Gasteiger partial charge in [-0.05, 0) is 55.7 Å². The third kappa shape index (κ3) is 5.81. The van der Waals surface area contributed by atoms with Crippen molar-refractivity contribution in [1.29, 1.82) is 0 Å². The number of nitrogens with zero attached hydrogens (tertiary/aromatic N) is 1. The van der Waals surface area contributed by atoms with Gasteiger partial charge in [-0.2, -0.15) is 4.31 Å².